The molecule has 3 aromatic rings. The summed E-state index contributed by atoms with van der Waals surface area (Å²) in [5.74, 6) is 0.0958. The van der Waals surface area contributed by atoms with Gasteiger partial charge >= 0.3 is 5.97 Å². The Bertz CT molecular complexity index is 1130. The number of anilines is 1. The highest BCUT2D eigenvalue weighted by Gasteiger charge is 2.17. The lowest BCUT2D eigenvalue weighted by Gasteiger charge is -2.28. The molecule has 0 radical (unpaired) electrons. The van der Waals surface area contributed by atoms with Crippen LogP contribution in [0.15, 0.2) is 41.3 Å². The van der Waals surface area contributed by atoms with Gasteiger partial charge in [0, 0.05) is 37.9 Å². The quantitative estimate of drug-likeness (QED) is 0.568. The fourth-order valence-electron chi connectivity index (χ4n) is 4.10. The van der Waals surface area contributed by atoms with Gasteiger partial charge in [-0.15, -0.1) is 0 Å². The third-order valence-electron chi connectivity index (χ3n) is 5.73. The number of hydrogen-bond donors (Lipinski definition) is 0. The van der Waals surface area contributed by atoms with E-state index in [1.165, 1.54) is 29.5 Å². The fourth-order valence-corrected chi connectivity index (χ4v) is 4.10. The lowest BCUT2D eigenvalue weighted by Crippen LogP contribution is -2.29. The van der Waals surface area contributed by atoms with Crippen molar-refractivity contribution in [3.8, 4) is 0 Å². The third kappa shape index (κ3) is 4.45. The Hall–Kier alpha value is -3.22. The number of carbonyl (C=O) groups excluding carboxylic acids is 1. The number of nitrogens with zero attached hydrogens (tertiary/aromatic N) is 4. The molecule has 0 spiro atoms. The number of fused-ring (bicyclic) bond motifs is 1. The maximum Gasteiger partial charge on any atom is 0.355 e. The summed E-state index contributed by atoms with van der Waals surface area (Å²) in [6.07, 6.45) is 5.93. The molecule has 0 N–H and O–H groups in total. The van der Waals surface area contributed by atoms with Gasteiger partial charge in [-0.25, -0.2) is 14.8 Å². The molecule has 1 fully saturated rings. The van der Waals surface area contributed by atoms with Crippen LogP contribution in [0.5, 0.6) is 0 Å². The minimum Gasteiger partial charge on any atom is -0.461 e. The van der Waals surface area contributed by atoms with Gasteiger partial charge in [0.1, 0.15) is 11.5 Å². The lowest BCUT2D eigenvalue weighted by molar-refractivity contribution is 0.0512. The van der Waals surface area contributed by atoms with E-state index in [1.54, 1.807) is 19.2 Å². The van der Waals surface area contributed by atoms with Gasteiger partial charge in [0.15, 0.2) is 0 Å². The average Bonchev–Trinajstić information content (AvgIpc) is 2.80. The van der Waals surface area contributed by atoms with E-state index < -0.39 is 5.97 Å². The first-order chi connectivity index (χ1) is 15.1. The van der Waals surface area contributed by atoms with Crippen molar-refractivity contribution in [2.75, 3.05) is 24.6 Å². The second kappa shape index (κ2) is 9.29. The average molecular weight is 421 g/mol. The van der Waals surface area contributed by atoms with Crippen molar-refractivity contribution in [1.29, 1.82) is 0 Å². The number of rotatable bonds is 6. The summed E-state index contributed by atoms with van der Waals surface area (Å²) in [5.41, 5.74) is 2.76. The summed E-state index contributed by atoms with van der Waals surface area (Å²) < 4.78 is 6.52. The standard InChI is InChI=1S/C24H28N4O3/c1-3-28-21(24(30)31-4-2)15-20-19(23(28)29)16-25-22(26-20)14-17-8-10-18(11-9-17)27-12-6-5-7-13-27/h8-11,15-16H,3-7,12-14H2,1-2H3. The molecule has 0 bridgehead atoms. The zero-order valence-corrected chi connectivity index (χ0v) is 18.1. The molecule has 1 aromatic carbocycles. The molecule has 7 heteroatoms. The SMILES string of the molecule is CCOC(=O)c1cc2nc(Cc3ccc(N4CCCCC4)cc3)ncc2c(=O)n1CC. The molecule has 0 atom stereocenters. The van der Waals surface area contributed by atoms with Gasteiger partial charge in [0.05, 0.1) is 17.5 Å². The highest BCUT2D eigenvalue weighted by molar-refractivity contribution is 5.92. The van der Waals surface area contributed by atoms with Crippen LogP contribution in [-0.2, 0) is 17.7 Å². The number of pyridine rings is 1. The molecule has 162 valence electrons. The topological polar surface area (TPSA) is 77.3 Å². The van der Waals surface area contributed by atoms with Gasteiger partial charge in [0.2, 0.25) is 0 Å². The van der Waals surface area contributed by atoms with Crippen molar-refractivity contribution >= 4 is 22.6 Å². The van der Waals surface area contributed by atoms with Crippen LogP contribution in [0.3, 0.4) is 0 Å². The molecular weight excluding hydrogens is 392 g/mol. The first kappa shape index (κ1) is 21.0. The molecule has 0 amide bonds. The van der Waals surface area contributed by atoms with E-state index >= 15 is 0 Å². The van der Waals surface area contributed by atoms with Crippen LogP contribution >= 0.6 is 0 Å². The van der Waals surface area contributed by atoms with E-state index in [2.05, 4.69) is 39.1 Å². The highest BCUT2D eigenvalue weighted by atomic mass is 16.5. The van der Waals surface area contributed by atoms with E-state index in [-0.39, 0.29) is 17.9 Å². The van der Waals surface area contributed by atoms with Crippen LogP contribution < -0.4 is 10.5 Å². The van der Waals surface area contributed by atoms with E-state index in [1.807, 2.05) is 6.92 Å². The van der Waals surface area contributed by atoms with Crippen molar-refractivity contribution in [2.24, 2.45) is 0 Å². The smallest absolute Gasteiger partial charge is 0.355 e. The van der Waals surface area contributed by atoms with Crippen LogP contribution in [0.2, 0.25) is 0 Å². The molecule has 7 nitrogen and oxygen atoms in total. The number of benzene rings is 1. The van der Waals surface area contributed by atoms with E-state index in [4.69, 9.17) is 4.74 Å². The van der Waals surface area contributed by atoms with Crippen molar-refractivity contribution in [2.45, 2.75) is 46.1 Å². The van der Waals surface area contributed by atoms with Gasteiger partial charge in [0.25, 0.3) is 5.56 Å². The molecule has 0 saturated carbocycles. The summed E-state index contributed by atoms with van der Waals surface area (Å²) in [5, 5.41) is 0.402. The summed E-state index contributed by atoms with van der Waals surface area (Å²) in [6, 6.07) is 10.1. The molecule has 31 heavy (non-hydrogen) atoms. The molecule has 0 aliphatic carbocycles. The van der Waals surface area contributed by atoms with E-state index in [0.717, 1.165) is 18.7 Å². The number of ether oxygens (including phenoxy) is 1. The Morgan fingerprint density at radius 2 is 1.84 bits per heavy atom. The first-order valence-corrected chi connectivity index (χ1v) is 11.0. The van der Waals surface area contributed by atoms with E-state index in [9.17, 15) is 9.59 Å². The van der Waals surface area contributed by atoms with Gasteiger partial charge in [-0.1, -0.05) is 12.1 Å². The number of hydrogen-bond acceptors (Lipinski definition) is 6. The normalized spacial score (nSPS) is 14.1. The van der Waals surface area contributed by atoms with Crippen molar-refractivity contribution in [1.82, 2.24) is 14.5 Å². The summed E-state index contributed by atoms with van der Waals surface area (Å²) >= 11 is 0. The minimum absolute atomic E-state index is 0.220. The summed E-state index contributed by atoms with van der Waals surface area (Å²) in [6.45, 7) is 6.41. The molecule has 4 rings (SSSR count). The van der Waals surface area contributed by atoms with E-state index in [0.29, 0.717) is 29.7 Å². The van der Waals surface area contributed by atoms with Crippen LogP contribution in [0.1, 0.15) is 55.0 Å². The van der Waals surface area contributed by atoms with Crippen molar-refractivity contribution in [3.05, 3.63) is 64.0 Å². The second-order valence-corrected chi connectivity index (χ2v) is 7.78. The fraction of sp³-hybridized carbons (Fsp3) is 0.417. The number of esters is 1. The van der Waals surface area contributed by atoms with Crippen molar-refractivity contribution in [3.63, 3.8) is 0 Å². The minimum atomic E-state index is -0.517. The lowest BCUT2D eigenvalue weighted by atomic mass is 10.1. The van der Waals surface area contributed by atoms with Gasteiger partial charge < -0.3 is 14.2 Å². The number of piperidine rings is 1. The van der Waals surface area contributed by atoms with Gasteiger partial charge in [-0.2, -0.15) is 0 Å². The maximum absolute atomic E-state index is 12.8. The predicted molar refractivity (Wildman–Crippen MR) is 121 cm³/mol. The number of aromatic nitrogens is 3. The Labute approximate surface area is 181 Å². The predicted octanol–water partition coefficient (Wildman–Crippen LogP) is 3.57. The molecule has 3 heterocycles. The van der Waals surface area contributed by atoms with Crippen LogP contribution in [0, 0.1) is 0 Å². The zero-order chi connectivity index (χ0) is 21.8. The molecule has 0 unspecified atom stereocenters. The highest BCUT2D eigenvalue weighted by Crippen LogP contribution is 2.21. The van der Waals surface area contributed by atoms with Crippen molar-refractivity contribution < 1.29 is 9.53 Å². The second-order valence-electron chi connectivity index (χ2n) is 7.78. The summed E-state index contributed by atoms with van der Waals surface area (Å²) in [7, 11) is 0. The molecule has 1 saturated heterocycles. The van der Waals surface area contributed by atoms with Crippen LogP contribution in [-0.4, -0.2) is 40.2 Å². The Morgan fingerprint density at radius 1 is 1.10 bits per heavy atom. The molecular formula is C24H28N4O3. The van der Waals surface area contributed by atoms with Gasteiger partial charge in [-0.3, -0.25) is 4.79 Å². The Morgan fingerprint density at radius 3 is 2.52 bits per heavy atom. The van der Waals surface area contributed by atoms with Crippen LogP contribution in [0.25, 0.3) is 10.9 Å². The Balaban J connectivity index is 1.61. The monoisotopic (exact) mass is 420 g/mol. The van der Waals surface area contributed by atoms with Crippen LogP contribution in [0.4, 0.5) is 5.69 Å². The molecule has 2 aromatic heterocycles. The number of carbonyl (C=O) groups is 1. The first-order valence-electron chi connectivity index (χ1n) is 11.0. The largest absolute Gasteiger partial charge is 0.461 e. The molecule has 1 aliphatic heterocycles. The molecule has 1 aliphatic rings. The third-order valence-corrected chi connectivity index (χ3v) is 5.73. The Kier molecular flexibility index (Phi) is 6.30. The maximum atomic E-state index is 12.8. The van der Waals surface area contributed by atoms with Gasteiger partial charge in [-0.05, 0) is 56.9 Å². The summed E-state index contributed by atoms with van der Waals surface area (Å²) in [4.78, 5) is 36.6. The zero-order valence-electron chi connectivity index (χ0n) is 18.1.